The van der Waals surface area contributed by atoms with Crippen molar-refractivity contribution in [1.82, 2.24) is 10.2 Å². The van der Waals surface area contributed by atoms with E-state index < -0.39 is 0 Å². The van der Waals surface area contributed by atoms with Crippen LogP contribution in [0.4, 0.5) is 5.69 Å². The number of piperidine rings is 1. The van der Waals surface area contributed by atoms with Gasteiger partial charge in [0.2, 0.25) is 0 Å². The van der Waals surface area contributed by atoms with Crippen molar-refractivity contribution in [2.24, 2.45) is 5.92 Å². The highest BCUT2D eigenvalue weighted by Crippen LogP contribution is 2.20. The van der Waals surface area contributed by atoms with Crippen LogP contribution in [-0.2, 0) is 0 Å². The maximum absolute atomic E-state index is 12.7. The predicted molar refractivity (Wildman–Crippen MR) is 101 cm³/mol. The van der Waals surface area contributed by atoms with Crippen LogP contribution in [0.3, 0.4) is 0 Å². The van der Waals surface area contributed by atoms with Crippen LogP contribution < -0.4 is 10.6 Å². The summed E-state index contributed by atoms with van der Waals surface area (Å²) in [5, 5.41) is 7.93. The lowest BCUT2D eigenvalue weighted by molar-refractivity contribution is 0.0690. The molecule has 1 aromatic carbocycles. The molecular weight excluding hydrogens is 334 g/mol. The third-order valence-electron chi connectivity index (χ3n) is 4.51. The Morgan fingerprint density at radius 3 is 2.68 bits per heavy atom. The molecule has 2 amide bonds. The lowest BCUT2D eigenvalue weighted by Crippen LogP contribution is -2.40. The molecule has 1 aliphatic heterocycles. The summed E-state index contributed by atoms with van der Waals surface area (Å²) in [5.74, 6) is 0.535. The predicted octanol–water partition coefficient (Wildman–Crippen LogP) is 3.07. The minimum absolute atomic E-state index is 0.0372. The molecule has 1 saturated heterocycles. The molecule has 0 saturated carbocycles. The van der Waals surface area contributed by atoms with E-state index in [0.29, 0.717) is 22.0 Å². The second kappa shape index (κ2) is 8.27. The quantitative estimate of drug-likeness (QED) is 0.864. The van der Waals surface area contributed by atoms with Gasteiger partial charge in [-0.3, -0.25) is 9.59 Å². The molecule has 6 heteroatoms. The van der Waals surface area contributed by atoms with Gasteiger partial charge in [-0.2, -0.15) is 0 Å². The molecule has 1 fully saturated rings. The molecule has 1 aromatic heterocycles. The van der Waals surface area contributed by atoms with Gasteiger partial charge in [0.1, 0.15) is 0 Å². The van der Waals surface area contributed by atoms with Crippen molar-refractivity contribution in [3.8, 4) is 0 Å². The van der Waals surface area contributed by atoms with Gasteiger partial charge in [-0.15, -0.1) is 11.3 Å². The van der Waals surface area contributed by atoms with Gasteiger partial charge in [0.25, 0.3) is 11.8 Å². The van der Waals surface area contributed by atoms with Gasteiger partial charge >= 0.3 is 0 Å². The summed E-state index contributed by atoms with van der Waals surface area (Å²) in [5.41, 5.74) is 1.27. The number of amides is 2. The van der Waals surface area contributed by atoms with Crippen LogP contribution in [-0.4, -0.2) is 43.4 Å². The Balaban J connectivity index is 1.63. The van der Waals surface area contributed by atoms with Gasteiger partial charge in [0, 0.05) is 24.3 Å². The van der Waals surface area contributed by atoms with E-state index in [1.54, 1.807) is 18.2 Å². The number of likely N-dealkylation sites (tertiary alicyclic amines) is 1. The Labute approximate surface area is 152 Å². The van der Waals surface area contributed by atoms with Crippen molar-refractivity contribution in [3.63, 3.8) is 0 Å². The number of carbonyl (C=O) groups excluding carboxylic acids is 2. The van der Waals surface area contributed by atoms with Crippen LogP contribution in [0.1, 0.15) is 32.9 Å². The monoisotopic (exact) mass is 357 g/mol. The molecule has 1 aliphatic rings. The first kappa shape index (κ1) is 17.6. The molecular formula is C19H23N3O2S. The molecule has 0 atom stereocenters. The van der Waals surface area contributed by atoms with E-state index in [9.17, 15) is 9.59 Å². The molecule has 0 bridgehead atoms. The SMILES string of the molecule is CNCC1CCN(C(=O)c2cccc(NC(=O)c3cccs3)c2)CC1. The van der Waals surface area contributed by atoms with Gasteiger partial charge in [-0.25, -0.2) is 0 Å². The molecule has 0 radical (unpaired) electrons. The smallest absolute Gasteiger partial charge is 0.265 e. The highest BCUT2D eigenvalue weighted by atomic mass is 32.1. The molecule has 2 N–H and O–H groups in total. The van der Waals surface area contributed by atoms with Crippen molar-refractivity contribution in [2.75, 3.05) is 32.0 Å². The van der Waals surface area contributed by atoms with E-state index in [-0.39, 0.29) is 11.8 Å². The Kier molecular flexibility index (Phi) is 5.83. The Morgan fingerprint density at radius 2 is 2.00 bits per heavy atom. The number of thiophene rings is 1. The minimum atomic E-state index is -0.146. The largest absolute Gasteiger partial charge is 0.339 e. The number of anilines is 1. The van der Waals surface area contributed by atoms with E-state index in [1.165, 1.54) is 11.3 Å². The highest BCUT2D eigenvalue weighted by Gasteiger charge is 2.23. The van der Waals surface area contributed by atoms with Crippen LogP contribution in [0.25, 0.3) is 0 Å². The lowest BCUT2D eigenvalue weighted by atomic mass is 9.96. The number of nitrogens with zero attached hydrogens (tertiary/aromatic N) is 1. The fourth-order valence-electron chi connectivity index (χ4n) is 3.14. The molecule has 132 valence electrons. The standard InChI is InChI=1S/C19H23N3O2S/c1-20-13-14-7-9-22(10-8-14)19(24)15-4-2-5-16(12-15)21-18(23)17-6-3-11-25-17/h2-6,11-12,14,20H,7-10,13H2,1H3,(H,21,23). The van der Waals surface area contributed by atoms with Gasteiger partial charge in [-0.1, -0.05) is 12.1 Å². The Bertz CT molecular complexity index is 722. The zero-order valence-electron chi connectivity index (χ0n) is 14.3. The van der Waals surface area contributed by atoms with Gasteiger partial charge in [-0.05, 0) is 62.0 Å². The van der Waals surface area contributed by atoms with E-state index in [2.05, 4.69) is 10.6 Å². The third kappa shape index (κ3) is 4.46. The van der Waals surface area contributed by atoms with E-state index >= 15 is 0 Å². The molecule has 2 heterocycles. The van der Waals surface area contributed by atoms with Crippen LogP contribution in [0.5, 0.6) is 0 Å². The van der Waals surface area contributed by atoms with Crippen molar-refractivity contribution in [1.29, 1.82) is 0 Å². The zero-order chi connectivity index (χ0) is 17.6. The third-order valence-corrected chi connectivity index (χ3v) is 5.38. The first-order valence-electron chi connectivity index (χ1n) is 8.56. The molecule has 25 heavy (non-hydrogen) atoms. The number of rotatable bonds is 5. The summed E-state index contributed by atoms with van der Waals surface area (Å²) in [6, 6.07) is 10.8. The number of hydrogen-bond donors (Lipinski definition) is 2. The Hall–Kier alpha value is -2.18. The summed E-state index contributed by atoms with van der Waals surface area (Å²) >= 11 is 1.40. The second-order valence-corrected chi connectivity index (χ2v) is 7.25. The number of carbonyl (C=O) groups is 2. The van der Waals surface area contributed by atoms with Crippen LogP contribution in [0.2, 0.25) is 0 Å². The summed E-state index contributed by atoms with van der Waals surface area (Å²) < 4.78 is 0. The van der Waals surface area contributed by atoms with Gasteiger partial charge < -0.3 is 15.5 Å². The number of hydrogen-bond acceptors (Lipinski definition) is 4. The maximum Gasteiger partial charge on any atom is 0.265 e. The van der Waals surface area contributed by atoms with Gasteiger partial charge in [0.05, 0.1) is 4.88 Å². The maximum atomic E-state index is 12.7. The molecule has 5 nitrogen and oxygen atoms in total. The van der Waals surface area contributed by atoms with E-state index in [1.807, 2.05) is 35.5 Å². The van der Waals surface area contributed by atoms with E-state index in [0.717, 1.165) is 32.5 Å². The fourth-order valence-corrected chi connectivity index (χ4v) is 3.76. The van der Waals surface area contributed by atoms with E-state index in [4.69, 9.17) is 0 Å². The number of nitrogens with one attached hydrogen (secondary N) is 2. The molecule has 2 aromatic rings. The summed E-state index contributed by atoms with van der Waals surface area (Å²) in [4.78, 5) is 27.4. The average Bonchev–Trinajstić information content (AvgIpc) is 3.17. The Morgan fingerprint density at radius 1 is 1.20 bits per heavy atom. The van der Waals surface area contributed by atoms with Gasteiger partial charge in [0.15, 0.2) is 0 Å². The highest BCUT2D eigenvalue weighted by molar-refractivity contribution is 7.12. The fraction of sp³-hybridized carbons (Fsp3) is 0.368. The minimum Gasteiger partial charge on any atom is -0.339 e. The normalized spacial score (nSPS) is 15.2. The zero-order valence-corrected chi connectivity index (χ0v) is 15.1. The molecule has 0 aliphatic carbocycles. The summed E-state index contributed by atoms with van der Waals surface area (Å²) in [6.45, 7) is 2.58. The summed E-state index contributed by atoms with van der Waals surface area (Å²) in [7, 11) is 1.97. The van der Waals surface area contributed by atoms with Crippen molar-refractivity contribution in [3.05, 3.63) is 52.2 Å². The van der Waals surface area contributed by atoms with Crippen LogP contribution in [0, 0.1) is 5.92 Å². The molecule has 3 rings (SSSR count). The number of benzene rings is 1. The van der Waals surface area contributed by atoms with Crippen molar-refractivity contribution >= 4 is 28.8 Å². The first-order valence-corrected chi connectivity index (χ1v) is 9.44. The van der Waals surface area contributed by atoms with Crippen molar-refractivity contribution in [2.45, 2.75) is 12.8 Å². The molecule has 0 unspecified atom stereocenters. The summed E-state index contributed by atoms with van der Waals surface area (Å²) in [6.07, 6.45) is 2.06. The van der Waals surface area contributed by atoms with Crippen molar-refractivity contribution < 1.29 is 9.59 Å². The lowest BCUT2D eigenvalue weighted by Gasteiger charge is -2.32. The molecule has 0 spiro atoms. The average molecular weight is 357 g/mol. The first-order chi connectivity index (χ1) is 12.2. The van der Waals surface area contributed by atoms with Crippen LogP contribution in [0.15, 0.2) is 41.8 Å². The van der Waals surface area contributed by atoms with Crippen LogP contribution >= 0.6 is 11.3 Å². The topological polar surface area (TPSA) is 61.4 Å². The second-order valence-electron chi connectivity index (χ2n) is 6.31.